The summed E-state index contributed by atoms with van der Waals surface area (Å²) >= 11 is 1.89. The van der Waals surface area contributed by atoms with Crippen molar-refractivity contribution < 1.29 is 0 Å². The molecule has 226 valence electrons. The van der Waals surface area contributed by atoms with Gasteiger partial charge in [-0.25, -0.2) is 0 Å². The van der Waals surface area contributed by atoms with Gasteiger partial charge in [-0.15, -0.1) is 11.3 Å². The van der Waals surface area contributed by atoms with E-state index >= 15 is 0 Å². The highest BCUT2D eigenvalue weighted by molar-refractivity contribution is 7.26. The number of benzene rings is 8. The van der Waals surface area contributed by atoms with Crippen molar-refractivity contribution in [3.63, 3.8) is 0 Å². The molecule has 2 heteroatoms. The van der Waals surface area contributed by atoms with Crippen LogP contribution in [0.4, 0.5) is 17.1 Å². The monoisotopic (exact) mass is 629 g/mol. The zero-order valence-electron chi connectivity index (χ0n) is 26.3. The van der Waals surface area contributed by atoms with Crippen molar-refractivity contribution in [3.8, 4) is 33.4 Å². The third kappa shape index (κ3) is 4.95. The Morgan fingerprint density at radius 2 is 0.896 bits per heavy atom. The number of hydrogen-bond acceptors (Lipinski definition) is 2. The third-order valence-corrected chi connectivity index (χ3v) is 10.5. The summed E-state index contributed by atoms with van der Waals surface area (Å²) in [6.45, 7) is 0. The molecule has 0 spiro atoms. The van der Waals surface area contributed by atoms with Crippen LogP contribution >= 0.6 is 11.3 Å². The molecule has 0 amide bonds. The Balaban J connectivity index is 1.23. The van der Waals surface area contributed by atoms with Gasteiger partial charge in [-0.3, -0.25) is 0 Å². The topological polar surface area (TPSA) is 3.24 Å². The second-order valence-electron chi connectivity index (χ2n) is 12.1. The van der Waals surface area contributed by atoms with Crippen molar-refractivity contribution in [2.24, 2.45) is 0 Å². The van der Waals surface area contributed by atoms with Crippen molar-refractivity contribution in [3.05, 3.63) is 188 Å². The molecule has 0 N–H and O–H groups in total. The highest BCUT2D eigenvalue weighted by atomic mass is 32.1. The van der Waals surface area contributed by atoms with Crippen molar-refractivity contribution in [2.45, 2.75) is 0 Å². The van der Waals surface area contributed by atoms with Crippen molar-refractivity contribution in [1.29, 1.82) is 0 Å². The molecule has 0 saturated heterocycles. The fraction of sp³-hybridized carbons (Fsp3) is 0. The molecule has 0 saturated carbocycles. The molecule has 1 aromatic heterocycles. The van der Waals surface area contributed by atoms with Gasteiger partial charge in [-0.1, -0.05) is 146 Å². The molecule has 1 nitrogen and oxygen atoms in total. The Kier molecular flexibility index (Phi) is 7.07. The standard InChI is InChI=1S/C46H31NS/c1-4-14-32(15-5-1)33-24-26-35(27-25-33)38-20-12-13-23-44(38)47(36-18-8-3-9-19-36)37-28-29-45-42(30-37)43-31-41(34-16-6-2-7-17-34)39-21-10-11-22-40(39)46(43)48-45/h1-31H. The molecule has 9 rings (SSSR count). The molecule has 0 aliphatic heterocycles. The zero-order valence-corrected chi connectivity index (χ0v) is 27.1. The Bertz CT molecular complexity index is 2530. The lowest BCUT2D eigenvalue weighted by Gasteiger charge is -2.28. The molecule has 0 bridgehead atoms. The second kappa shape index (κ2) is 12.0. The van der Waals surface area contributed by atoms with Gasteiger partial charge < -0.3 is 4.90 Å². The van der Waals surface area contributed by atoms with Crippen LogP contribution in [-0.2, 0) is 0 Å². The molecule has 0 unspecified atom stereocenters. The van der Waals surface area contributed by atoms with Gasteiger partial charge in [0.15, 0.2) is 0 Å². The molecule has 0 aliphatic carbocycles. The summed E-state index contributed by atoms with van der Waals surface area (Å²) in [7, 11) is 0. The average Bonchev–Trinajstić information content (AvgIpc) is 3.54. The second-order valence-corrected chi connectivity index (χ2v) is 13.2. The minimum atomic E-state index is 1.13. The number of hydrogen-bond donors (Lipinski definition) is 0. The average molecular weight is 630 g/mol. The van der Waals surface area contributed by atoms with Crippen LogP contribution in [0, 0.1) is 0 Å². The first-order valence-corrected chi connectivity index (χ1v) is 17.2. The highest BCUT2D eigenvalue weighted by Crippen LogP contribution is 2.46. The molecular weight excluding hydrogens is 599 g/mol. The van der Waals surface area contributed by atoms with Gasteiger partial charge in [0.25, 0.3) is 0 Å². The number of rotatable bonds is 6. The first kappa shape index (κ1) is 28.3. The Labute approximate surface area is 284 Å². The maximum absolute atomic E-state index is 2.41. The van der Waals surface area contributed by atoms with E-state index in [0.29, 0.717) is 0 Å². The predicted octanol–water partition coefficient (Wildman–Crippen LogP) is 13.7. The lowest BCUT2D eigenvalue weighted by atomic mass is 9.95. The fourth-order valence-corrected chi connectivity index (χ4v) is 8.17. The molecule has 0 fully saturated rings. The molecule has 9 aromatic rings. The van der Waals surface area contributed by atoms with Crippen LogP contribution in [0.5, 0.6) is 0 Å². The zero-order chi connectivity index (χ0) is 31.9. The molecule has 0 atom stereocenters. The van der Waals surface area contributed by atoms with Gasteiger partial charge in [-0.05, 0) is 75.7 Å². The van der Waals surface area contributed by atoms with Crippen LogP contribution in [0.2, 0.25) is 0 Å². The van der Waals surface area contributed by atoms with E-state index in [9.17, 15) is 0 Å². The van der Waals surface area contributed by atoms with Crippen molar-refractivity contribution in [2.75, 3.05) is 4.90 Å². The van der Waals surface area contributed by atoms with Crippen LogP contribution in [0.25, 0.3) is 64.3 Å². The van der Waals surface area contributed by atoms with Gasteiger partial charge in [-0.2, -0.15) is 0 Å². The molecule has 1 heterocycles. The smallest absolute Gasteiger partial charge is 0.0540 e. The van der Waals surface area contributed by atoms with Gasteiger partial charge in [0.2, 0.25) is 0 Å². The molecular formula is C46H31NS. The number of nitrogens with zero attached hydrogens (tertiary/aromatic N) is 1. The molecule has 8 aromatic carbocycles. The highest BCUT2D eigenvalue weighted by Gasteiger charge is 2.19. The van der Waals surface area contributed by atoms with Crippen LogP contribution < -0.4 is 4.90 Å². The van der Waals surface area contributed by atoms with Crippen molar-refractivity contribution in [1.82, 2.24) is 0 Å². The normalized spacial score (nSPS) is 11.3. The number of anilines is 3. The molecule has 48 heavy (non-hydrogen) atoms. The van der Waals surface area contributed by atoms with Gasteiger partial charge in [0.1, 0.15) is 0 Å². The van der Waals surface area contributed by atoms with Crippen LogP contribution in [0.15, 0.2) is 188 Å². The minimum absolute atomic E-state index is 1.13. The number of para-hydroxylation sites is 2. The first-order valence-electron chi connectivity index (χ1n) is 16.4. The largest absolute Gasteiger partial charge is 0.310 e. The summed E-state index contributed by atoms with van der Waals surface area (Å²) in [4.78, 5) is 2.41. The van der Waals surface area contributed by atoms with E-state index in [-0.39, 0.29) is 0 Å². The quantitative estimate of drug-likeness (QED) is 0.177. The third-order valence-electron chi connectivity index (χ3n) is 9.27. The van der Waals surface area contributed by atoms with Crippen LogP contribution in [0.1, 0.15) is 0 Å². The summed E-state index contributed by atoms with van der Waals surface area (Å²) < 4.78 is 2.63. The summed E-state index contributed by atoms with van der Waals surface area (Å²) in [5.74, 6) is 0. The van der Waals surface area contributed by atoms with E-state index < -0.39 is 0 Å². The number of fused-ring (bicyclic) bond motifs is 5. The Hall–Kier alpha value is -5.96. The van der Waals surface area contributed by atoms with Gasteiger partial charge in [0.05, 0.1) is 5.69 Å². The maximum Gasteiger partial charge on any atom is 0.0540 e. The van der Waals surface area contributed by atoms with Crippen LogP contribution in [-0.4, -0.2) is 0 Å². The lowest BCUT2D eigenvalue weighted by Crippen LogP contribution is -2.11. The van der Waals surface area contributed by atoms with E-state index in [2.05, 4.69) is 193 Å². The first-order chi connectivity index (χ1) is 23.8. The molecule has 0 aliphatic rings. The predicted molar refractivity (Wildman–Crippen MR) is 208 cm³/mol. The van der Waals surface area contributed by atoms with Crippen molar-refractivity contribution >= 4 is 59.3 Å². The maximum atomic E-state index is 2.41. The Morgan fingerprint density at radius 3 is 1.65 bits per heavy atom. The fourth-order valence-electron chi connectivity index (χ4n) is 6.97. The van der Waals surface area contributed by atoms with E-state index in [1.807, 2.05) is 11.3 Å². The summed E-state index contributed by atoms with van der Waals surface area (Å²) in [6.07, 6.45) is 0. The summed E-state index contributed by atoms with van der Waals surface area (Å²) in [6, 6.07) is 68.0. The minimum Gasteiger partial charge on any atom is -0.310 e. The SMILES string of the molecule is c1ccc(-c2ccc(-c3ccccc3N(c3ccccc3)c3ccc4sc5c6ccccc6c(-c6ccccc6)cc5c4c3)cc2)cc1. The van der Waals surface area contributed by atoms with E-state index in [4.69, 9.17) is 0 Å². The van der Waals surface area contributed by atoms with E-state index in [1.165, 1.54) is 64.3 Å². The van der Waals surface area contributed by atoms with E-state index in [0.717, 1.165) is 17.1 Å². The van der Waals surface area contributed by atoms with E-state index in [1.54, 1.807) is 0 Å². The van der Waals surface area contributed by atoms with Gasteiger partial charge in [0, 0.05) is 42.5 Å². The summed E-state index contributed by atoms with van der Waals surface area (Å²) in [5, 5.41) is 5.18. The Morgan fingerprint density at radius 1 is 0.333 bits per heavy atom. The van der Waals surface area contributed by atoms with Crippen LogP contribution in [0.3, 0.4) is 0 Å². The molecule has 0 radical (unpaired) electrons. The lowest BCUT2D eigenvalue weighted by molar-refractivity contribution is 1.29. The van der Waals surface area contributed by atoms with Gasteiger partial charge >= 0.3 is 0 Å². The summed E-state index contributed by atoms with van der Waals surface area (Å²) in [5.41, 5.74) is 10.7. The number of thiophene rings is 1.